The van der Waals surface area contributed by atoms with Crippen molar-refractivity contribution in [2.24, 2.45) is 4.99 Å². The molecular weight excluding hydrogens is 511 g/mol. The first-order valence-electron chi connectivity index (χ1n) is 10.1. The average molecular weight is 544 g/mol. The largest absolute Gasteiger partial charge is 0.493 e. The molecule has 0 unspecified atom stereocenters. The van der Waals surface area contributed by atoms with Crippen molar-refractivity contribution in [3.05, 3.63) is 47.4 Å². The van der Waals surface area contributed by atoms with E-state index >= 15 is 0 Å². The van der Waals surface area contributed by atoms with Gasteiger partial charge in [-0.05, 0) is 50.5 Å². The molecule has 0 radical (unpaired) electrons. The van der Waals surface area contributed by atoms with Crippen LogP contribution in [0.5, 0.6) is 11.5 Å². The third-order valence-electron chi connectivity index (χ3n) is 4.46. The number of benzene rings is 1. The van der Waals surface area contributed by atoms with Crippen molar-refractivity contribution in [3.8, 4) is 11.5 Å². The SMILES string of the molecule is CCNC(=NCCCNC(=O)c1occc1C)NCCc1ccc(OC)c(OC)c1.I. The van der Waals surface area contributed by atoms with Crippen molar-refractivity contribution in [2.45, 2.75) is 26.7 Å². The van der Waals surface area contributed by atoms with E-state index < -0.39 is 0 Å². The van der Waals surface area contributed by atoms with Crippen LogP contribution in [0.1, 0.15) is 35.0 Å². The van der Waals surface area contributed by atoms with Crippen LogP contribution in [-0.4, -0.2) is 52.3 Å². The van der Waals surface area contributed by atoms with E-state index in [9.17, 15) is 4.79 Å². The summed E-state index contributed by atoms with van der Waals surface area (Å²) in [5.41, 5.74) is 1.98. The second kappa shape index (κ2) is 14.6. The van der Waals surface area contributed by atoms with Crippen LogP contribution in [0.2, 0.25) is 0 Å². The lowest BCUT2D eigenvalue weighted by molar-refractivity contribution is 0.0925. The van der Waals surface area contributed by atoms with Crippen LogP contribution in [-0.2, 0) is 6.42 Å². The fraction of sp³-hybridized carbons (Fsp3) is 0.455. The molecule has 1 heterocycles. The van der Waals surface area contributed by atoms with Gasteiger partial charge < -0.3 is 29.8 Å². The molecule has 8 nitrogen and oxygen atoms in total. The second-order valence-corrected chi connectivity index (χ2v) is 6.67. The molecule has 1 amide bonds. The molecule has 0 bridgehead atoms. The number of guanidine groups is 1. The van der Waals surface area contributed by atoms with E-state index in [0.717, 1.165) is 54.5 Å². The molecule has 2 aromatic rings. The topological polar surface area (TPSA) is 97.1 Å². The zero-order valence-electron chi connectivity index (χ0n) is 18.6. The normalized spacial score (nSPS) is 10.8. The Balaban J connectivity index is 0.00000480. The summed E-state index contributed by atoms with van der Waals surface area (Å²) in [5.74, 6) is 2.37. The van der Waals surface area contributed by atoms with E-state index in [4.69, 9.17) is 13.9 Å². The average Bonchev–Trinajstić information content (AvgIpc) is 3.19. The van der Waals surface area contributed by atoms with E-state index in [-0.39, 0.29) is 29.9 Å². The summed E-state index contributed by atoms with van der Waals surface area (Å²) in [7, 11) is 3.26. The Morgan fingerprint density at radius 1 is 1.06 bits per heavy atom. The first-order valence-corrected chi connectivity index (χ1v) is 10.1. The van der Waals surface area contributed by atoms with Crippen LogP contribution in [0.15, 0.2) is 39.9 Å². The number of nitrogens with one attached hydrogen (secondary N) is 3. The van der Waals surface area contributed by atoms with Crippen molar-refractivity contribution < 1.29 is 18.7 Å². The number of aliphatic imine (C=N–C) groups is 1. The van der Waals surface area contributed by atoms with Crippen LogP contribution in [0.25, 0.3) is 0 Å². The lowest BCUT2D eigenvalue weighted by Crippen LogP contribution is -2.38. The summed E-state index contributed by atoms with van der Waals surface area (Å²) in [5, 5.41) is 9.41. The van der Waals surface area contributed by atoms with Crippen molar-refractivity contribution in [1.82, 2.24) is 16.0 Å². The molecule has 9 heteroatoms. The monoisotopic (exact) mass is 544 g/mol. The number of amides is 1. The van der Waals surface area contributed by atoms with Crippen LogP contribution >= 0.6 is 24.0 Å². The van der Waals surface area contributed by atoms with Gasteiger partial charge in [-0.1, -0.05) is 6.07 Å². The van der Waals surface area contributed by atoms with Gasteiger partial charge in [0.05, 0.1) is 20.5 Å². The molecule has 0 saturated carbocycles. The number of furan rings is 1. The summed E-state index contributed by atoms with van der Waals surface area (Å²) < 4.78 is 15.8. The summed E-state index contributed by atoms with van der Waals surface area (Å²) >= 11 is 0. The summed E-state index contributed by atoms with van der Waals surface area (Å²) in [6.07, 6.45) is 3.08. The predicted molar refractivity (Wildman–Crippen MR) is 133 cm³/mol. The van der Waals surface area contributed by atoms with Gasteiger partial charge in [0.15, 0.2) is 23.2 Å². The predicted octanol–water partition coefficient (Wildman–Crippen LogP) is 3.14. The molecule has 0 aliphatic carbocycles. The Kier molecular flexibility index (Phi) is 12.5. The van der Waals surface area contributed by atoms with Gasteiger partial charge in [-0.3, -0.25) is 9.79 Å². The van der Waals surface area contributed by atoms with Crippen LogP contribution in [0.4, 0.5) is 0 Å². The van der Waals surface area contributed by atoms with Gasteiger partial charge in [-0.2, -0.15) is 0 Å². The maximum atomic E-state index is 12.0. The van der Waals surface area contributed by atoms with Crippen molar-refractivity contribution in [1.29, 1.82) is 0 Å². The number of hydrogen-bond donors (Lipinski definition) is 3. The van der Waals surface area contributed by atoms with Gasteiger partial charge in [0.1, 0.15) is 0 Å². The number of methoxy groups -OCH3 is 2. The number of nitrogens with zero attached hydrogens (tertiary/aromatic N) is 1. The van der Waals surface area contributed by atoms with E-state index in [1.807, 2.05) is 32.0 Å². The Bertz CT molecular complexity index is 839. The Labute approximate surface area is 201 Å². The van der Waals surface area contributed by atoms with Gasteiger partial charge in [0.2, 0.25) is 0 Å². The third kappa shape index (κ3) is 8.68. The Morgan fingerprint density at radius 3 is 2.48 bits per heavy atom. The lowest BCUT2D eigenvalue weighted by Gasteiger charge is -2.13. The van der Waals surface area contributed by atoms with Crippen molar-refractivity contribution >= 4 is 35.8 Å². The number of carbonyl (C=O) groups excluding carboxylic acids is 1. The first-order chi connectivity index (χ1) is 14.6. The van der Waals surface area contributed by atoms with E-state index in [1.54, 1.807) is 20.3 Å². The maximum absolute atomic E-state index is 12.0. The Morgan fingerprint density at radius 2 is 1.84 bits per heavy atom. The zero-order valence-corrected chi connectivity index (χ0v) is 20.9. The van der Waals surface area contributed by atoms with Crippen LogP contribution in [0.3, 0.4) is 0 Å². The number of ether oxygens (including phenoxy) is 2. The fourth-order valence-corrected chi connectivity index (χ4v) is 2.86. The molecule has 0 fully saturated rings. The van der Waals surface area contributed by atoms with Gasteiger partial charge in [-0.15, -0.1) is 24.0 Å². The zero-order chi connectivity index (χ0) is 21.8. The summed E-state index contributed by atoms with van der Waals surface area (Å²) in [4.78, 5) is 16.6. The number of hydrogen-bond acceptors (Lipinski definition) is 5. The van der Waals surface area contributed by atoms with Gasteiger partial charge in [0, 0.05) is 31.7 Å². The lowest BCUT2D eigenvalue weighted by atomic mass is 10.1. The van der Waals surface area contributed by atoms with Gasteiger partial charge in [0.25, 0.3) is 5.91 Å². The highest BCUT2D eigenvalue weighted by atomic mass is 127. The fourth-order valence-electron chi connectivity index (χ4n) is 2.86. The minimum Gasteiger partial charge on any atom is -0.493 e. The van der Waals surface area contributed by atoms with E-state index in [2.05, 4.69) is 20.9 Å². The van der Waals surface area contributed by atoms with Crippen molar-refractivity contribution in [3.63, 3.8) is 0 Å². The third-order valence-corrected chi connectivity index (χ3v) is 4.46. The summed E-state index contributed by atoms with van der Waals surface area (Å²) in [6.45, 7) is 6.51. The molecule has 31 heavy (non-hydrogen) atoms. The molecule has 0 spiro atoms. The van der Waals surface area contributed by atoms with E-state index in [1.165, 1.54) is 6.26 Å². The molecule has 0 aliphatic rings. The highest BCUT2D eigenvalue weighted by Gasteiger charge is 2.11. The minimum absolute atomic E-state index is 0. The molecule has 0 aliphatic heterocycles. The van der Waals surface area contributed by atoms with Gasteiger partial charge in [-0.25, -0.2) is 0 Å². The molecule has 172 valence electrons. The van der Waals surface area contributed by atoms with E-state index in [0.29, 0.717) is 18.8 Å². The standard InChI is InChI=1S/C22H32N4O4.HI/c1-5-23-22(25-12-6-11-24-21(27)20-16(2)10-14-30-20)26-13-9-17-7-8-18(28-3)19(15-17)29-4;/h7-8,10,14-15H,5-6,9,11-13H2,1-4H3,(H,24,27)(H2,23,25,26);1H. The van der Waals surface area contributed by atoms with Gasteiger partial charge >= 0.3 is 0 Å². The molecule has 0 saturated heterocycles. The van der Waals surface area contributed by atoms with Crippen LogP contribution in [0, 0.1) is 6.92 Å². The van der Waals surface area contributed by atoms with Crippen LogP contribution < -0.4 is 25.4 Å². The highest BCUT2D eigenvalue weighted by Crippen LogP contribution is 2.27. The molecule has 0 atom stereocenters. The quantitative estimate of drug-likeness (QED) is 0.174. The number of halogens is 1. The Hall–Kier alpha value is -2.43. The smallest absolute Gasteiger partial charge is 0.287 e. The maximum Gasteiger partial charge on any atom is 0.287 e. The van der Waals surface area contributed by atoms with Crippen molar-refractivity contribution in [2.75, 3.05) is 40.4 Å². The molecule has 3 N–H and O–H groups in total. The molecule has 2 rings (SSSR count). The minimum atomic E-state index is -0.193. The number of carbonyl (C=O) groups is 1. The second-order valence-electron chi connectivity index (χ2n) is 6.67. The molecular formula is C22H33IN4O4. The summed E-state index contributed by atoms with van der Waals surface area (Å²) in [6, 6.07) is 7.69. The molecule has 1 aromatic carbocycles. The number of aryl methyl sites for hydroxylation is 1. The molecule has 1 aromatic heterocycles. The number of rotatable bonds is 11. The highest BCUT2D eigenvalue weighted by molar-refractivity contribution is 14.0. The first kappa shape index (κ1) is 26.6.